The van der Waals surface area contributed by atoms with Crippen LogP contribution in [-0.2, 0) is 0 Å². The van der Waals surface area contributed by atoms with E-state index < -0.39 is 0 Å². The van der Waals surface area contributed by atoms with Gasteiger partial charge < -0.3 is 0 Å². The summed E-state index contributed by atoms with van der Waals surface area (Å²) in [4.78, 5) is 16.2. The van der Waals surface area contributed by atoms with Crippen LogP contribution in [-0.4, -0.2) is 10.8 Å². The van der Waals surface area contributed by atoms with E-state index in [0.29, 0.717) is 5.78 Å². The topological polar surface area (TPSA) is 30.0 Å². The molecule has 1 aromatic heterocycles. The summed E-state index contributed by atoms with van der Waals surface area (Å²) in [6.07, 6.45) is 3.33. The van der Waals surface area contributed by atoms with Crippen molar-refractivity contribution in [2.45, 2.75) is 33.1 Å². The highest BCUT2D eigenvalue weighted by atomic mass is 16.1. The molecule has 1 aliphatic rings. The molecule has 14 heavy (non-hydrogen) atoms. The Morgan fingerprint density at radius 2 is 2.07 bits per heavy atom. The minimum atomic E-state index is 0.276. The lowest BCUT2D eigenvalue weighted by atomic mass is 9.79. The molecule has 1 fully saturated rings. The van der Waals surface area contributed by atoms with Crippen LogP contribution in [0.3, 0.4) is 0 Å². The fraction of sp³-hybridized carbons (Fsp3) is 0.500. The minimum Gasteiger partial charge on any atom is -0.294 e. The highest BCUT2D eigenvalue weighted by molar-refractivity contribution is 5.99. The standard InChI is InChI=1S/C12H15NO/c1-8-6-7-11(9(2)13-8)12(14)10-4-3-5-10/h6-7,10H,3-5H2,1-2H3. The van der Waals surface area contributed by atoms with Gasteiger partial charge in [0.1, 0.15) is 0 Å². The molecule has 0 amide bonds. The molecule has 0 atom stereocenters. The first kappa shape index (κ1) is 9.38. The minimum absolute atomic E-state index is 0.276. The smallest absolute Gasteiger partial charge is 0.167 e. The molecule has 0 radical (unpaired) electrons. The number of hydrogen-bond donors (Lipinski definition) is 0. The molecule has 1 heterocycles. The fourth-order valence-electron chi connectivity index (χ4n) is 1.84. The summed E-state index contributed by atoms with van der Waals surface area (Å²) < 4.78 is 0. The summed E-state index contributed by atoms with van der Waals surface area (Å²) in [5.74, 6) is 0.569. The first-order valence-corrected chi connectivity index (χ1v) is 5.17. The second kappa shape index (κ2) is 3.52. The van der Waals surface area contributed by atoms with Crippen LogP contribution in [0.5, 0.6) is 0 Å². The third-order valence-electron chi connectivity index (χ3n) is 2.97. The van der Waals surface area contributed by atoms with Gasteiger partial charge in [-0.15, -0.1) is 0 Å². The molecule has 1 aromatic rings. The molecule has 0 aromatic carbocycles. The molecule has 0 spiro atoms. The molecule has 0 N–H and O–H groups in total. The van der Waals surface area contributed by atoms with Crippen molar-refractivity contribution in [2.24, 2.45) is 5.92 Å². The Balaban J connectivity index is 2.26. The first-order valence-electron chi connectivity index (χ1n) is 5.17. The lowest BCUT2D eigenvalue weighted by Gasteiger charge is -2.24. The van der Waals surface area contributed by atoms with Crippen molar-refractivity contribution in [3.63, 3.8) is 0 Å². The van der Waals surface area contributed by atoms with E-state index in [1.807, 2.05) is 26.0 Å². The predicted octanol–water partition coefficient (Wildman–Crippen LogP) is 2.68. The van der Waals surface area contributed by atoms with Crippen LogP contribution in [0.1, 0.15) is 41.0 Å². The average molecular weight is 189 g/mol. The maximum Gasteiger partial charge on any atom is 0.167 e. The molecule has 0 bridgehead atoms. The number of rotatable bonds is 2. The third kappa shape index (κ3) is 1.57. The van der Waals surface area contributed by atoms with Crippen molar-refractivity contribution >= 4 is 5.78 Å². The molecule has 2 nitrogen and oxygen atoms in total. The van der Waals surface area contributed by atoms with Gasteiger partial charge in [-0.2, -0.15) is 0 Å². The maximum atomic E-state index is 11.9. The van der Waals surface area contributed by atoms with Gasteiger partial charge in [-0.05, 0) is 38.8 Å². The number of carbonyl (C=O) groups is 1. The highest BCUT2D eigenvalue weighted by Gasteiger charge is 2.27. The molecule has 74 valence electrons. The van der Waals surface area contributed by atoms with Gasteiger partial charge in [-0.1, -0.05) is 6.42 Å². The van der Waals surface area contributed by atoms with Crippen LogP contribution < -0.4 is 0 Å². The monoisotopic (exact) mass is 189 g/mol. The molecule has 1 saturated carbocycles. The Kier molecular flexibility index (Phi) is 2.36. The average Bonchev–Trinajstić information content (AvgIpc) is 2.00. The maximum absolute atomic E-state index is 11.9. The van der Waals surface area contributed by atoms with Crippen molar-refractivity contribution in [2.75, 3.05) is 0 Å². The summed E-state index contributed by atoms with van der Waals surface area (Å²) in [6.45, 7) is 3.86. The molecular weight excluding hydrogens is 174 g/mol. The second-order valence-electron chi connectivity index (χ2n) is 4.08. The van der Waals surface area contributed by atoms with Crippen molar-refractivity contribution < 1.29 is 4.79 Å². The van der Waals surface area contributed by atoms with E-state index in [4.69, 9.17) is 0 Å². The third-order valence-corrected chi connectivity index (χ3v) is 2.97. The lowest BCUT2D eigenvalue weighted by molar-refractivity contribution is 0.0854. The predicted molar refractivity (Wildman–Crippen MR) is 55.4 cm³/mol. The number of pyridine rings is 1. The number of ketones is 1. The number of aromatic nitrogens is 1. The Morgan fingerprint density at radius 1 is 1.36 bits per heavy atom. The van der Waals surface area contributed by atoms with Crippen molar-refractivity contribution in [3.8, 4) is 0 Å². The zero-order chi connectivity index (χ0) is 10.1. The van der Waals surface area contributed by atoms with Crippen molar-refractivity contribution in [3.05, 3.63) is 29.1 Å². The zero-order valence-electron chi connectivity index (χ0n) is 8.71. The number of aryl methyl sites for hydroxylation is 2. The van der Waals surface area contributed by atoms with Gasteiger partial charge in [0, 0.05) is 22.9 Å². The molecule has 0 saturated heterocycles. The Bertz CT molecular complexity index is 367. The molecule has 0 aliphatic heterocycles. The van der Waals surface area contributed by atoms with Gasteiger partial charge in [0.05, 0.1) is 0 Å². The SMILES string of the molecule is Cc1ccc(C(=O)C2CCC2)c(C)n1. The molecule has 1 aliphatic carbocycles. The van der Waals surface area contributed by atoms with Crippen LogP contribution in [0, 0.1) is 19.8 Å². The van der Waals surface area contributed by atoms with Gasteiger partial charge in [0.15, 0.2) is 5.78 Å². The summed E-state index contributed by atoms with van der Waals surface area (Å²) in [5.41, 5.74) is 2.68. The van der Waals surface area contributed by atoms with E-state index in [9.17, 15) is 4.79 Å². The van der Waals surface area contributed by atoms with E-state index in [2.05, 4.69) is 4.98 Å². The van der Waals surface area contributed by atoms with Gasteiger partial charge in [0.2, 0.25) is 0 Å². The van der Waals surface area contributed by atoms with E-state index in [0.717, 1.165) is 29.8 Å². The van der Waals surface area contributed by atoms with Gasteiger partial charge >= 0.3 is 0 Å². The van der Waals surface area contributed by atoms with E-state index >= 15 is 0 Å². The van der Waals surface area contributed by atoms with Gasteiger partial charge in [-0.25, -0.2) is 0 Å². The molecule has 0 unspecified atom stereocenters. The van der Waals surface area contributed by atoms with Gasteiger partial charge in [-0.3, -0.25) is 9.78 Å². The van der Waals surface area contributed by atoms with Crippen LogP contribution in [0.2, 0.25) is 0 Å². The fourth-order valence-corrected chi connectivity index (χ4v) is 1.84. The highest BCUT2D eigenvalue weighted by Crippen LogP contribution is 2.30. The molecular formula is C12H15NO. The Morgan fingerprint density at radius 3 is 2.57 bits per heavy atom. The largest absolute Gasteiger partial charge is 0.294 e. The number of Topliss-reactive ketones (excluding diaryl/α,β-unsaturated/α-hetero) is 1. The lowest BCUT2D eigenvalue weighted by Crippen LogP contribution is -2.23. The Labute approximate surface area is 84.4 Å². The van der Waals surface area contributed by atoms with E-state index in [1.54, 1.807) is 0 Å². The van der Waals surface area contributed by atoms with Crippen LogP contribution >= 0.6 is 0 Å². The van der Waals surface area contributed by atoms with Crippen molar-refractivity contribution in [1.29, 1.82) is 0 Å². The molecule has 2 rings (SSSR count). The second-order valence-corrected chi connectivity index (χ2v) is 4.08. The normalized spacial score (nSPS) is 16.4. The summed E-state index contributed by atoms with van der Waals surface area (Å²) in [7, 11) is 0. The zero-order valence-corrected chi connectivity index (χ0v) is 8.71. The summed E-state index contributed by atoms with van der Waals surface area (Å²) in [5, 5.41) is 0. The number of carbonyl (C=O) groups excluding carboxylic acids is 1. The van der Waals surface area contributed by atoms with E-state index in [1.165, 1.54) is 6.42 Å². The van der Waals surface area contributed by atoms with Crippen molar-refractivity contribution in [1.82, 2.24) is 4.98 Å². The van der Waals surface area contributed by atoms with E-state index in [-0.39, 0.29) is 5.92 Å². The van der Waals surface area contributed by atoms with Gasteiger partial charge in [0.25, 0.3) is 0 Å². The summed E-state index contributed by atoms with van der Waals surface area (Å²) in [6, 6.07) is 3.83. The van der Waals surface area contributed by atoms with Crippen LogP contribution in [0.4, 0.5) is 0 Å². The Hall–Kier alpha value is -1.18. The van der Waals surface area contributed by atoms with Crippen LogP contribution in [0.25, 0.3) is 0 Å². The molecule has 2 heteroatoms. The first-order chi connectivity index (χ1) is 6.68. The van der Waals surface area contributed by atoms with Crippen LogP contribution in [0.15, 0.2) is 12.1 Å². The number of nitrogens with zero attached hydrogens (tertiary/aromatic N) is 1. The number of hydrogen-bond acceptors (Lipinski definition) is 2. The quantitative estimate of drug-likeness (QED) is 0.669. The summed E-state index contributed by atoms with van der Waals surface area (Å²) >= 11 is 0.